The highest BCUT2D eigenvalue weighted by Crippen LogP contribution is 2.20. The molecule has 0 radical (unpaired) electrons. The van der Waals surface area contributed by atoms with E-state index in [9.17, 15) is 18.4 Å². The van der Waals surface area contributed by atoms with Gasteiger partial charge in [0.05, 0.1) is 6.54 Å². The van der Waals surface area contributed by atoms with Crippen molar-refractivity contribution in [3.8, 4) is 0 Å². The first-order valence-corrected chi connectivity index (χ1v) is 6.99. The summed E-state index contributed by atoms with van der Waals surface area (Å²) < 4.78 is 27.4. The number of halogens is 2. The van der Waals surface area contributed by atoms with E-state index in [1.807, 2.05) is 6.92 Å². The molecule has 0 aromatic heterocycles. The van der Waals surface area contributed by atoms with E-state index < -0.39 is 23.7 Å². The Balaban J connectivity index is 2.27. The number of carbonyl (C=O) groups excluding carboxylic acids is 2. The molecule has 2 amide bonds. The lowest BCUT2D eigenvalue weighted by atomic mass is 10.0. The van der Waals surface area contributed by atoms with E-state index in [0.29, 0.717) is 6.42 Å². The first kappa shape index (κ1) is 15.4. The molecule has 0 spiro atoms. The molecule has 1 heterocycles. The zero-order valence-corrected chi connectivity index (χ0v) is 12.0. The Morgan fingerprint density at radius 2 is 1.86 bits per heavy atom. The van der Waals surface area contributed by atoms with E-state index >= 15 is 0 Å². The van der Waals surface area contributed by atoms with Crippen LogP contribution in [-0.4, -0.2) is 28.8 Å². The summed E-state index contributed by atoms with van der Waals surface area (Å²) in [5, 5.41) is 2.64. The van der Waals surface area contributed by atoms with Crippen molar-refractivity contribution in [2.45, 2.75) is 45.3 Å². The number of nitrogens with one attached hydrogen (secondary N) is 1. The molecule has 114 valence electrons. The van der Waals surface area contributed by atoms with Gasteiger partial charge in [-0.25, -0.2) is 8.78 Å². The maximum atomic E-state index is 13.7. The van der Waals surface area contributed by atoms with Crippen LogP contribution in [0, 0.1) is 11.6 Å². The van der Waals surface area contributed by atoms with Gasteiger partial charge in [-0.3, -0.25) is 9.59 Å². The van der Waals surface area contributed by atoms with Crippen LogP contribution >= 0.6 is 0 Å². The Labute approximate surface area is 122 Å². The molecule has 1 N–H and O–H groups in total. The zero-order chi connectivity index (χ0) is 15.6. The van der Waals surface area contributed by atoms with E-state index in [4.69, 9.17) is 0 Å². The van der Waals surface area contributed by atoms with Crippen molar-refractivity contribution in [2.24, 2.45) is 0 Å². The van der Waals surface area contributed by atoms with Gasteiger partial charge in [-0.2, -0.15) is 0 Å². The zero-order valence-electron chi connectivity index (χ0n) is 12.0. The van der Waals surface area contributed by atoms with Gasteiger partial charge in [0.1, 0.15) is 23.7 Å². The topological polar surface area (TPSA) is 49.4 Å². The predicted molar refractivity (Wildman–Crippen MR) is 73.2 cm³/mol. The van der Waals surface area contributed by atoms with E-state index in [1.54, 1.807) is 6.92 Å². The van der Waals surface area contributed by atoms with Gasteiger partial charge in [0, 0.05) is 5.56 Å². The molecular weight excluding hydrogens is 278 g/mol. The summed E-state index contributed by atoms with van der Waals surface area (Å²) in [5.74, 6) is -2.03. The van der Waals surface area contributed by atoms with Crippen molar-refractivity contribution < 1.29 is 18.4 Å². The number of hydrogen-bond acceptors (Lipinski definition) is 2. The molecule has 1 saturated heterocycles. The molecule has 2 unspecified atom stereocenters. The van der Waals surface area contributed by atoms with Gasteiger partial charge in [-0.15, -0.1) is 0 Å². The number of benzene rings is 1. The highest BCUT2D eigenvalue weighted by atomic mass is 19.1. The Kier molecular flexibility index (Phi) is 4.55. The molecule has 1 aliphatic heterocycles. The highest BCUT2D eigenvalue weighted by molar-refractivity contribution is 5.96. The summed E-state index contributed by atoms with van der Waals surface area (Å²) in [6.07, 6.45) is 1.24. The summed E-state index contributed by atoms with van der Waals surface area (Å²) in [6, 6.07) is 2.18. The molecule has 6 heteroatoms. The Morgan fingerprint density at radius 3 is 2.43 bits per heavy atom. The third-order valence-corrected chi connectivity index (χ3v) is 3.71. The largest absolute Gasteiger partial charge is 0.343 e. The molecule has 1 aromatic rings. The molecule has 2 rings (SSSR count). The maximum absolute atomic E-state index is 13.7. The van der Waals surface area contributed by atoms with Crippen LogP contribution in [0.3, 0.4) is 0 Å². The van der Waals surface area contributed by atoms with Crippen LogP contribution < -0.4 is 5.32 Å². The lowest BCUT2D eigenvalue weighted by Crippen LogP contribution is -2.61. The highest BCUT2D eigenvalue weighted by Gasteiger charge is 2.38. The third-order valence-electron chi connectivity index (χ3n) is 3.71. The monoisotopic (exact) mass is 296 g/mol. The van der Waals surface area contributed by atoms with Gasteiger partial charge in [0.25, 0.3) is 0 Å². The standard InChI is InChI=1S/C15H18F2N2O2/c1-3-5-13-15(21)19(9(2)14(20)18-13)8-10-11(16)6-4-7-12(10)17/h4,6-7,9,13H,3,5,8H2,1-2H3,(H,18,20). The number of amides is 2. The Morgan fingerprint density at radius 1 is 1.24 bits per heavy atom. The van der Waals surface area contributed by atoms with Crippen molar-refractivity contribution >= 4 is 11.8 Å². The van der Waals surface area contributed by atoms with Gasteiger partial charge in [0.15, 0.2) is 0 Å². The van der Waals surface area contributed by atoms with E-state index in [1.165, 1.54) is 11.0 Å². The minimum absolute atomic E-state index is 0.192. The summed E-state index contributed by atoms with van der Waals surface area (Å²) in [7, 11) is 0. The second-order valence-corrected chi connectivity index (χ2v) is 5.19. The molecule has 21 heavy (non-hydrogen) atoms. The molecule has 0 bridgehead atoms. The van der Waals surface area contributed by atoms with Crippen LogP contribution in [0.15, 0.2) is 18.2 Å². The molecule has 1 aliphatic rings. The van der Waals surface area contributed by atoms with Gasteiger partial charge < -0.3 is 10.2 Å². The molecule has 4 nitrogen and oxygen atoms in total. The smallest absolute Gasteiger partial charge is 0.246 e. The molecule has 1 fully saturated rings. The van der Waals surface area contributed by atoms with Crippen LogP contribution in [0.1, 0.15) is 32.3 Å². The van der Waals surface area contributed by atoms with Crippen molar-refractivity contribution in [3.05, 3.63) is 35.4 Å². The number of hydrogen-bond donors (Lipinski definition) is 1. The normalized spacial score (nSPS) is 22.4. The van der Waals surface area contributed by atoms with Crippen LogP contribution in [0.2, 0.25) is 0 Å². The van der Waals surface area contributed by atoms with Crippen molar-refractivity contribution in [1.82, 2.24) is 10.2 Å². The van der Waals surface area contributed by atoms with Crippen molar-refractivity contribution in [2.75, 3.05) is 0 Å². The van der Waals surface area contributed by atoms with E-state index in [0.717, 1.165) is 18.6 Å². The second-order valence-electron chi connectivity index (χ2n) is 5.19. The van der Waals surface area contributed by atoms with Crippen LogP contribution in [0.25, 0.3) is 0 Å². The molecule has 0 aliphatic carbocycles. The number of nitrogens with zero attached hydrogens (tertiary/aromatic N) is 1. The fourth-order valence-corrected chi connectivity index (χ4v) is 2.44. The lowest BCUT2D eigenvalue weighted by Gasteiger charge is -2.37. The minimum atomic E-state index is -0.746. The predicted octanol–water partition coefficient (Wildman–Crippen LogP) is 1.98. The minimum Gasteiger partial charge on any atom is -0.343 e. The average molecular weight is 296 g/mol. The van der Waals surface area contributed by atoms with Gasteiger partial charge in [-0.1, -0.05) is 19.4 Å². The first-order valence-electron chi connectivity index (χ1n) is 6.99. The van der Waals surface area contributed by atoms with Gasteiger partial charge in [-0.05, 0) is 25.5 Å². The molecular formula is C15H18F2N2O2. The third kappa shape index (κ3) is 3.04. The van der Waals surface area contributed by atoms with E-state index in [2.05, 4.69) is 5.32 Å². The summed E-state index contributed by atoms with van der Waals surface area (Å²) >= 11 is 0. The molecule has 0 saturated carbocycles. The SMILES string of the molecule is CCCC1NC(=O)C(C)N(Cc2c(F)cccc2F)C1=O. The summed E-state index contributed by atoms with van der Waals surface area (Å²) in [4.78, 5) is 25.5. The fraction of sp³-hybridized carbons (Fsp3) is 0.467. The number of piperazine rings is 1. The van der Waals surface area contributed by atoms with Crippen LogP contribution in [-0.2, 0) is 16.1 Å². The first-order chi connectivity index (χ1) is 9.95. The van der Waals surface area contributed by atoms with Crippen molar-refractivity contribution in [3.63, 3.8) is 0 Å². The summed E-state index contributed by atoms with van der Waals surface area (Å²) in [6.45, 7) is 3.21. The Bertz CT molecular complexity index is 542. The summed E-state index contributed by atoms with van der Waals surface area (Å²) in [5.41, 5.74) is -0.192. The van der Waals surface area contributed by atoms with Crippen molar-refractivity contribution in [1.29, 1.82) is 0 Å². The number of carbonyl (C=O) groups is 2. The quantitative estimate of drug-likeness (QED) is 0.923. The maximum Gasteiger partial charge on any atom is 0.246 e. The van der Waals surface area contributed by atoms with Gasteiger partial charge >= 0.3 is 0 Å². The van der Waals surface area contributed by atoms with E-state index in [-0.39, 0.29) is 23.9 Å². The van der Waals surface area contributed by atoms with Gasteiger partial charge in [0.2, 0.25) is 11.8 Å². The fourth-order valence-electron chi connectivity index (χ4n) is 2.44. The lowest BCUT2D eigenvalue weighted by molar-refractivity contribution is -0.149. The van der Waals surface area contributed by atoms with Crippen LogP contribution in [0.5, 0.6) is 0 Å². The molecule has 2 atom stereocenters. The van der Waals surface area contributed by atoms with Crippen LogP contribution in [0.4, 0.5) is 8.78 Å². The average Bonchev–Trinajstić information content (AvgIpc) is 2.44. The Hall–Kier alpha value is -1.98. The second kappa shape index (κ2) is 6.20. The molecule has 1 aromatic carbocycles. The number of rotatable bonds is 4.